The predicted molar refractivity (Wildman–Crippen MR) is 71.2 cm³/mol. The lowest BCUT2D eigenvalue weighted by Crippen LogP contribution is -2.30. The minimum atomic E-state index is 0.669. The fraction of sp³-hybridized carbons (Fsp3) is 0.417. The topological polar surface area (TPSA) is 42.1 Å². The third-order valence-corrected chi connectivity index (χ3v) is 3.43. The molecule has 0 saturated heterocycles. The summed E-state index contributed by atoms with van der Waals surface area (Å²) >= 11 is 1.76. The van der Waals surface area contributed by atoms with Crippen molar-refractivity contribution in [2.75, 3.05) is 24.5 Å². The van der Waals surface area contributed by atoms with Gasteiger partial charge in [-0.1, -0.05) is 6.92 Å². The average molecular weight is 235 g/mol. The van der Waals surface area contributed by atoms with Gasteiger partial charge in [0.05, 0.1) is 0 Å². The van der Waals surface area contributed by atoms with Crippen molar-refractivity contribution in [3.8, 4) is 0 Å². The summed E-state index contributed by atoms with van der Waals surface area (Å²) in [5.74, 6) is 1.08. The van der Waals surface area contributed by atoms with Gasteiger partial charge in [-0.15, -0.1) is 11.3 Å². The summed E-state index contributed by atoms with van der Waals surface area (Å²) < 4.78 is 1.29. The predicted octanol–water partition coefficient (Wildman–Crippen LogP) is 2.47. The molecule has 3 nitrogen and oxygen atoms in total. The van der Waals surface area contributed by atoms with Gasteiger partial charge in [-0.05, 0) is 23.9 Å². The SMILES string of the molecule is CCCN(CCN)c1nccc2sccc12. The van der Waals surface area contributed by atoms with Crippen molar-refractivity contribution in [2.45, 2.75) is 13.3 Å². The van der Waals surface area contributed by atoms with Gasteiger partial charge in [-0.2, -0.15) is 0 Å². The fourth-order valence-corrected chi connectivity index (χ4v) is 2.66. The van der Waals surface area contributed by atoms with E-state index in [4.69, 9.17) is 5.73 Å². The third kappa shape index (κ3) is 2.18. The molecule has 0 radical (unpaired) electrons. The normalized spacial score (nSPS) is 10.9. The molecule has 0 aliphatic heterocycles. The summed E-state index contributed by atoms with van der Waals surface area (Å²) in [5.41, 5.74) is 5.65. The molecule has 2 aromatic rings. The zero-order valence-electron chi connectivity index (χ0n) is 9.52. The van der Waals surface area contributed by atoms with Gasteiger partial charge in [-0.3, -0.25) is 0 Å². The van der Waals surface area contributed by atoms with Crippen LogP contribution in [0.1, 0.15) is 13.3 Å². The van der Waals surface area contributed by atoms with Crippen molar-refractivity contribution in [1.29, 1.82) is 0 Å². The molecule has 0 aliphatic carbocycles. The van der Waals surface area contributed by atoms with Crippen LogP contribution in [0.3, 0.4) is 0 Å². The Hall–Kier alpha value is -1.13. The third-order valence-electron chi connectivity index (χ3n) is 2.55. The standard InChI is InChI=1S/C12H17N3S/c1-2-7-15(8-5-13)12-10-4-9-16-11(10)3-6-14-12/h3-4,6,9H,2,5,7-8,13H2,1H3. The molecule has 0 aliphatic rings. The number of hydrogen-bond acceptors (Lipinski definition) is 4. The molecule has 0 atom stereocenters. The van der Waals surface area contributed by atoms with Crippen molar-refractivity contribution in [3.05, 3.63) is 23.7 Å². The van der Waals surface area contributed by atoms with Gasteiger partial charge in [0.15, 0.2) is 0 Å². The average Bonchev–Trinajstić information content (AvgIpc) is 2.76. The summed E-state index contributed by atoms with van der Waals surface area (Å²) in [7, 11) is 0. The lowest BCUT2D eigenvalue weighted by Gasteiger charge is -2.23. The summed E-state index contributed by atoms with van der Waals surface area (Å²) in [6.45, 7) is 4.73. The van der Waals surface area contributed by atoms with Crippen LogP contribution >= 0.6 is 11.3 Å². The molecule has 0 fully saturated rings. The van der Waals surface area contributed by atoms with E-state index < -0.39 is 0 Å². The molecule has 0 aromatic carbocycles. The molecular weight excluding hydrogens is 218 g/mol. The maximum atomic E-state index is 5.65. The number of anilines is 1. The van der Waals surface area contributed by atoms with Crippen molar-refractivity contribution in [3.63, 3.8) is 0 Å². The first-order valence-corrected chi connectivity index (χ1v) is 6.52. The Balaban J connectivity index is 2.38. The molecule has 2 N–H and O–H groups in total. The molecule has 2 rings (SSSR count). The van der Waals surface area contributed by atoms with Gasteiger partial charge in [-0.25, -0.2) is 4.98 Å². The molecule has 2 aromatic heterocycles. The Labute approximate surface area is 99.9 Å². The Morgan fingerprint density at radius 2 is 2.25 bits per heavy atom. The number of nitrogens with two attached hydrogens (primary N) is 1. The van der Waals surface area contributed by atoms with Gasteiger partial charge in [0.25, 0.3) is 0 Å². The van der Waals surface area contributed by atoms with Gasteiger partial charge in [0, 0.05) is 35.9 Å². The van der Waals surface area contributed by atoms with Crippen LogP contribution < -0.4 is 10.6 Å². The Morgan fingerprint density at radius 3 is 3.00 bits per heavy atom. The van der Waals surface area contributed by atoms with E-state index in [2.05, 4.69) is 34.3 Å². The van der Waals surface area contributed by atoms with Crippen LogP contribution in [0.5, 0.6) is 0 Å². The molecule has 0 amide bonds. The minimum absolute atomic E-state index is 0.669. The first-order chi connectivity index (χ1) is 7.86. The minimum Gasteiger partial charge on any atom is -0.355 e. The van der Waals surface area contributed by atoms with Crippen molar-refractivity contribution >= 4 is 27.2 Å². The maximum absolute atomic E-state index is 5.65. The Morgan fingerprint density at radius 1 is 1.38 bits per heavy atom. The van der Waals surface area contributed by atoms with Crippen LogP contribution in [-0.2, 0) is 0 Å². The van der Waals surface area contributed by atoms with E-state index in [1.807, 2.05) is 6.20 Å². The van der Waals surface area contributed by atoms with Crippen molar-refractivity contribution in [1.82, 2.24) is 4.98 Å². The summed E-state index contributed by atoms with van der Waals surface area (Å²) in [4.78, 5) is 6.77. The number of thiophene rings is 1. The first kappa shape index (κ1) is 11.4. The monoisotopic (exact) mass is 235 g/mol. The Bertz CT molecular complexity index is 446. The second-order valence-corrected chi connectivity index (χ2v) is 4.69. The highest BCUT2D eigenvalue weighted by Gasteiger charge is 2.10. The van der Waals surface area contributed by atoms with E-state index in [1.54, 1.807) is 11.3 Å². The van der Waals surface area contributed by atoms with E-state index in [1.165, 1.54) is 10.1 Å². The van der Waals surface area contributed by atoms with Crippen LogP contribution in [-0.4, -0.2) is 24.6 Å². The van der Waals surface area contributed by atoms with Crippen LogP contribution in [0.4, 0.5) is 5.82 Å². The smallest absolute Gasteiger partial charge is 0.137 e. The summed E-state index contributed by atoms with van der Waals surface area (Å²) in [6, 6.07) is 4.21. The largest absolute Gasteiger partial charge is 0.355 e. The molecule has 86 valence electrons. The number of fused-ring (bicyclic) bond motifs is 1. The van der Waals surface area contributed by atoms with Crippen LogP contribution in [0.15, 0.2) is 23.7 Å². The molecule has 0 saturated carbocycles. The molecule has 0 spiro atoms. The summed E-state index contributed by atoms with van der Waals surface area (Å²) in [5, 5.41) is 3.36. The molecule has 16 heavy (non-hydrogen) atoms. The van der Waals surface area contributed by atoms with E-state index >= 15 is 0 Å². The zero-order valence-corrected chi connectivity index (χ0v) is 10.3. The molecule has 0 bridgehead atoms. The molecule has 4 heteroatoms. The quantitative estimate of drug-likeness (QED) is 0.865. The number of pyridine rings is 1. The maximum Gasteiger partial charge on any atom is 0.137 e. The van der Waals surface area contributed by atoms with E-state index in [0.29, 0.717) is 6.54 Å². The number of nitrogens with zero attached hydrogens (tertiary/aromatic N) is 2. The van der Waals surface area contributed by atoms with E-state index in [9.17, 15) is 0 Å². The van der Waals surface area contributed by atoms with Gasteiger partial charge in [0.1, 0.15) is 5.82 Å². The van der Waals surface area contributed by atoms with Gasteiger partial charge < -0.3 is 10.6 Å². The fourth-order valence-electron chi connectivity index (χ4n) is 1.88. The number of rotatable bonds is 5. The van der Waals surface area contributed by atoms with E-state index in [-0.39, 0.29) is 0 Å². The second-order valence-electron chi connectivity index (χ2n) is 3.74. The molecule has 0 unspecified atom stereocenters. The highest BCUT2D eigenvalue weighted by Crippen LogP contribution is 2.28. The van der Waals surface area contributed by atoms with E-state index in [0.717, 1.165) is 25.3 Å². The van der Waals surface area contributed by atoms with Crippen LogP contribution in [0.25, 0.3) is 10.1 Å². The van der Waals surface area contributed by atoms with Crippen LogP contribution in [0, 0.1) is 0 Å². The number of aromatic nitrogens is 1. The van der Waals surface area contributed by atoms with Gasteiger partial charge >= 0.3 is 0 Å². The molecule has 2 heterocycles. The lowest BCUT2D eigenvalue weighted by atomic mass is 10.3. The van der Waals surface area contributed by atoms with Crippen molar-refractivity contribution < 1.29 is 0 Å². The van der Waals surface area contributed by atoms with Crippen molar-refractivity contribution in [2.24, 2.45) is 5.73 Å². The summed E-state index contributed by atoms with van der Waals surface area (Å²) in [6.07, 6.45) is 3.00. The van der Waals surface area contributed by atoms with Gasteiger partial charge in [0.2, 0.25) is 0 Å². The molecular formula is C12H17N3S. The first-order valence-electron chi connectivity index (χ1n) is 5.64. The Kier molecular flexibility index (Phi) is 3.74. The highest BCUT2D eigenvalue weighted by molar-refractivity contribution is 7.17. The zero-order chi connectivity index (χ0) is 11.4. The van der Waals surface area contributed by atoms with Crippen LogP contribution in [0.2, 0.25) is 0 Å². The second kappa shape index (κ2) is 5.27. The highest BCUT2D eigenvalue weighted by atomic mass is 32.1. The lowest BCUT2D eigenvalue weighted by molar-refractivity contribution is 0.754. The number of hydrogen-bond donors (Lipinski definition) is 1.